The number of alkyl halides is 3. The van der Waals surface area contributed by atoms with Crippen molar-refractivity contribution in [3.05, 3.63) is 67.4 Å². The Bertz CT molecular complexity index is 1480. The fourth-order valence-corrected chi connectivity index (χ4v) is 5.00. The van der Waals surface area contributed by atoms with Crippen LogP contribution in [0.25, 0.3) is 11.0 Å². The van der Waals surface area contributed by atoms with Crippen LogP contribution in [0.15, 0.2) is 34.8 Å². The standard InChI is InChI=1S/C26H27BrF3N5O5/c1-13-11-18-20(21(19(13)27)35(38)39)33-22-16(9-10-34(18)22)31-23(36)17(32-24(37)40-25(2,3)4)12-14-5-7-15(8-6-14)26(28,29)30/h5-8,11,16-17H,9-10,12H2,1-4H3,(H,31,36)(H,32,37)/t16-,17-/m0/s1. The molecule has 0 bridgehead atoms. The predicted molar refractivity (Wildman–Crippen MR) is 143 cm³/mol. The molecule has 1 aliphatic heterocycles. The van der Waals surface area contributed by atoms with Crippen molar-refractivity contribution in [1.29, 1.82) is 0 Å². The summed E-state index contributed by atoms with van der Waals surface area (Å²) in [4.78, 5) is 41.7. The van der Waals surface area contributed by atoms with Gasteiger partial charge in [0.1, 0.15) is 21.9 Å². The molecule has 0 aliphatic carbocycles. The molecular formula is C26H27BrF3N5O5. The van der Waals surface area contributed by atoms with Crippen LogP contribution in [-0.4, -0.2) is 38.1 Å². The van der Waals surface area contributed by atoms with E-state index in [1.165, 1.54) is 12.1 Å². The molecular weight excluding hydrogens is 599 g/mol. The van der Waals surface area contributed by atoms with E-state index in [1.54, 1.807) is 38.3 Å². The lowest BCUT2D eigenvalue weighted by Gasteiger charge is -2.24. The first-order valence-electron chi connectivity index (χ1n) is 12.3. The summed E-state index contributed by atoms with van der Waals surface area (Å²) in [5.74, 6) is -0.183. The lowest BCUT2D eigenvalue weighted by Crippen LogP contribution is -2.50. The fraction of sp³-hybridized carbons (Fsp3) is 0.423. The molecule has 1 aliphatic rings. The average molecular weight is 626 g/mol. The minimum atomic E-state index is -4.51. The molecule has 0 fully saturated rings. The average Bonchev–Trinajstić information content (AvgIpc) is 3.37. The second kappa shape index (κ2) is 10.7. The van der Waals surface area contributed by atoms with Crippen LogP contribution >= 0.6 is 15.9 Å². The molecule has 2 aromatic carbocycles. The third-order valence-corrected chi connectivity index (χ3v) is 7.35. The van der Waals surface area contributed by atoms with E-state index in [0.717, 1.165) is 12.1 Å². The first-order chi connectivity index (χ1) is 18.5. The summed E-state index contributed by atoms with van der Waals surface area (Å²) < 4.78 is 46.4. The zero-order chi connectivity index (χ0) is 29.6. The smallest absolute Gasteiger partial charge is 0.416 e. The Balaban J connectivity index is 1.60. The number of fused-ring (bicyclic) bond motifs is 3. The number of aromatic nitrogens is 2. The summed E-state index contributed by atoms with van der Waals surface area (Å²) in [5.41, 5.74) is -0.0630. The first-order valence-corrected chi connectivity index (χ1v) is 13.1. The summed E-state index contributed by atoms with van der Waals surface area (Å²) in [6.45, 7) is 7.14. The van der Waals surface area contributed by atoms with Crippen molar-refractivity contribution in [1.82, 2.24) is 20.2 Å². The summed E-state index contributed by atoms with van der Waals surface area (Å²) in [7, 11) is 0. The Kier molecular flexibility index (Phi) is 7.85. The first kappa shape index (κ1) is 29.3. The third kappa shape index (κ3) is 6.21. The van der Waals surface area contributed by atoms with E-state index in [0.29, 0.717) is 39.9 Å². The number of alkyl carbamates (subject to hydrolysis) is 1. The molecule has 1 aromatic heterocycles. The van der Waals surface area contributed by atoms with Crippen LogP contribution in [0.2, 0.25) is 0 Å². The molecule has 2 atom stereocenters. The van der Waals surface area contributed by atoms with Crippen LogP contribution in [0.1, 0.15) is 55.7 Å². The SMILES string of the molecule is Cc1cc2c(nc3n2CC[C@@H]3NC(=O)[C@H](Cc2ccc(C(F)(F)F)cc2)NC(=O)OC(C)(C)C)c([N+](=O)[O-])c1Br. The number of nitrogens with zero attached hydrogens (tertiary/aromatic N) is 3. The van der Waals surface area contributed by atoms with Crippen molar-refractivity contribution in [2.24, 2.45) is 0 Å². The Morgan fingerprint density at radius 1 is 1.25 bits per heavy atom. The number of nitro groups is 1. The van der Waals surface area contributed by atoms with Gasteiger partial charge in [-0.3, -0.25) is 14.9 Å². The highest BCUT2D eigenvalue weighted by Crippen LogP contribution is 2.39. The molecule has 2 N–H and O–H groups in total. The normalized spacial score (nSPS) is 15.9. The number of halogens is 4. The molecule has 10 nitrogen and oxygen atoms in total. The van der Waals surface area contributed by atoms with Gasteiger partial charge in [0.2, 0.25) is 5.91 Å². The topological polar surface area (TPSA) is 128 Å². The van der Waals surface area contributed by atoms with Gasteiger partial charge in [0.25, 0.3) is 0 Å². The molecule has 2 amide bonds. The summed E-state index contributed by atoms with van der Waals surface area (Å²) in [6.07, 6.45) is -5.04. The number of rotatable bonds is 6. The molecule has 40 heavy (non-hydrogen) atoms. The monoisotopic (exact) mass is 625 g/mol. The van der Waals surface area contributed by atoms with E-state index < -0.39 is 46.3 Å². The molecule has 14 heteroatoms. The summed E-state index contributed by atoms with van der Waals surface area (Å²) in [5, 5.41) is 17.1. The van der Waals surface area contributed by atoms with Gasteiger partial charge in [-0.2, -0.15) is 13.2 Å². The van der Waals surface area contributed by atoms with Crippen LogP contribution in [0.4, 0.5) is 23.7 Å². The highest BCUT2D eigenvalue weighted by molar-refractivity contribution is 9.10. The highest BCUT2D eigenvalue weighted by Gasteiger charge is 2.35. The van der Waals surface area contributed by atoms with Crippen molar-refractivity contribution in [2.45, 2.75) is 70.9 Å². The third-order valence-electron chi connectivity index (χ3n) is 6.35. The van der Waals surface area contributed by atoms with Crippen molar-refractivity contribution >= 4 is 44.7 Å². The number of nitro benzene ring substituents is 1. The summed E-state index contributed by atoms with van der Waals surface area (Å²) >= 11 is 3.27. The Hall–Kier alpha value is -3.68. The number of hydrogen-bond donors (Lipinski definition) is 2. The Morgan fingerprint density at radius 3 is 2.48 bits per heavy atom. The van der Waals surface area contributed by atoms with Gasteiger partial charge in [-0.25, -0.2) is 9.78 Å². The minimum Gasteiger partial charge on any atom is -0.444 e. The number of carbonyl (C=O) groups is 2. The predicted octanol–water partition coefficient (Wildman–Crippen LogP) is 5.73. The number of nitrogens with one attached hydrogen (secondary N) is 2. The number of amides is 2. The van der Waals surface area contributed by atoms with E-state index in [9.17, 15) is 32.9 Å². The van der Waals surface area contributed by atoms with Crippen molar-refractivity contribution in [3.63, 3.8) is 0 Å². The number of ether oxygens (including phenoxy) is 1. The second-order valence-corrected chi connectivity index (χ2v) is 11.3. The number of hydrogen-bond acceptors (Lipinski definition) is 6. The van der Waals surface area contributed by atoms with E-state index in [-0.39, 0.29) is 17.6 Å². The number of benzene rings is 2. The van der Waals surface area contributed by atoms with Gasteiger partial charge in [0.15, 0.2) is 5.52 Å². The molecule has 0 saturated carbocycles. The van der Waals surface area contributed by atoms with E-state index in [2.05, 4.69) is 31.5 Å². The molecule has 0 radical (unpaired) electrons. The van der Waals surface area contributed by atoms with E-state index >= 15 is 0 Å². The molecule has 0 saturated heterocycles. The maximum Gasteiger partial charge on any atom is 0.416 e. The Labute approximate surface area is 235 Å². The van der Waals surface area contributed by atoms with E-state index in [1.807, 2.05) is 0 Å². The van der Waals surface area contributed by atoms with E-state index in [4.69, 9.17) is 4.74 Å². The molecule has 4 rings (SSSR count). The zero-order valence-corrected chi connectivity index (χ0v) is 23.6. The van der Waals surface area contributed by atoms with Gasteiger partial charge in [-0.15, -0.1) is 0 Å². The van der Waals surface area contributed by atoms with Crippen LogP contribution in [0.3, 0.4) is 0 Å². The van der Waals surface area contributed by atoms with Crippen molar-refractivity contribution < 1.29 is 32.4 Å². The Morgan fingerprint density at radius 2 is 1.90 bits per heavy atom. The van der Waals surface area contributed by atoms with Gasteiger partial charge in [0, 0.05) is 13.0 Å². The number of imidazole rings is 1. The van der Waals surface area contributed by atoms with Crippen LogP contribution in [0, 0.1) is 17.0 Å². The molecule has 0 unspecified atom stereocenters. The lowest BCUT2D eigenvalue weighted by molar-refractivity contribution is -0.384. The maximum absolute atomic E-state index is 13.4. The maximum atomic E-state index is 13.4. The van der Waals surface area contributed by atoms with Crippen LogP contribution in [-0.2, 0) is 28.7 Å². The lowest BCUT2D eigenvalue weighted by atomic mass is 10.0. The molecule has 0 spiro atoms. The minimum absolute atomic E-state index is 0.107. The zero-order valence-electron chi connectivity index (χ0n) is 22.1. The summed E-state index contributed by atoms with van der Waals surface area (Å²) in [6, 6.07) is 4.28. The van der Waals surface area contributed by atoms with Crippen molar-refractivity contribution in [3.8, 4) is 0 Å². The van der Waals surface area contributed by atoms with Gasteiger partial charge in [0.05, 0.1) is 22.0 Å². The highest BCUT2D eigenvalue weighted by atomic mass is 79.9. The molecule has 214 valence electrons. The molecule has 3 aromatic rings. The number of carbonyl (C=O) groups excluding carboxylic acids is 2. The molecule has 2 heterocycles. The second-order valence-electron chi connectivity index (χ2n) is 10.6. The van der Waals surface area contributed by atoms with Crippen molar-refractivity contribution in [2.75, 3.05) is 0 Å². The van der Waals surface area contributed by atoms with Gasteiger partial charge in [-0.05, 0) is 79.4 Å². The van der Waals surface area contributed by atoms with Gasteiger partial charge < -0.3 is 19.9 Å². The number of aryl methyl sites for hydroxylation is 2. The fourth-order valence-electron chi connectivity index (χ4n) is 4.55. The van der Waals surface area contributed by atoms with Gasteiger partial charge >= 0.3 is 18.0 Å². The quantitative estimate of drug-likeness (QED) is 0.266. The van der Waals surface area contributed by atoms with Crippen LogP contribution < -0.4 is 10.6 Å². The van der Waals surface area contributed by atoms with Crippen LogP contribution in [0.5, 0.6) is 0 Å². The van der Waals surface area contributed by atoms with Gasteiger partial charge in [-0.1, -0.05) is 12.1 Å². The largest absolute Gasteiger partial charge is 0.444 e.